The van der Waals surface area contributed by atoms with E-state index >= 15 is 0 Å². The van der Waals surface area contributed by atoms with Crippen LogP contribution in [0.5, 0.6) is 0 Å². The lowest BCUT2D eigenvalue weighted by Gasteiger charge is -2.07. The van der Waals surface area contributed by atoms with E-state index in [0.29, 0.717) is 0 Å². The average molecular weight is 136 g/mol. The molecule has 1 amide bonds. The zero-order chi connectivity index (χ0) is 12.9. The molecule has 0 aliphatic carbocycles. The molecule has 4 N–H and O–H groups in total. The Morgan fingerprint density at radius 2 is 3.11 bits per heavy atom. The largest absolute Gasteiger partial charge is 0.368 e. The summed E-state index contributed by atoms with van der Waals surface area (Å²) in [5.74, 6) is -3.73. The van der Waals surface area contributed by atoms with E-state index in [4.69, 9.17) is 9.72 Å². The van der Waals surface area contributed by atoms with Crippen molar-refractivity contribution < 1.29 is 14.5 Å². The van der Waals surface area contributed by atoms with Crippen LogP contribution < -0.4 is 16.6 Å². The monoisotopic (exact) mass is 136 g/mol. The summed E-state index contributed by atoms with van der Waals surface area (Å²) in [6.07, 6.45) is 0. The molecule has 1 rings (SSSR count). The Morgan fingerprint density at radius 1 is 2.33 bits per heavy atom. The highest BCUT2D eigenvalue weighted by Crippen LogP contribution is 2.04. The molecule has 1 aliphatic rings. The number of carbonyl (C=O) groups excluding carboxylic acids is 1. The molecule has 2 atom stereocenters. The van der Waals surface area contributed by atoms with Gasteiger partial charge in [-0.2, -0.15) is 0 Å². The molecule has 0 aromatic rings. The third-order valence-electron chi connectivity index (χ3n) is 0.938. The first kappa shape index (κ1) is 1.93. The standard InChI is InChI=1S/C5H11N3O/c1-3-2-7-8-4(3)5(6)9/h3-4,7-8H,2H2,1H3,(H2,6,9)/i2D2,3D,4D/hD3. The quantitative estimate of drug-likeness (QED) is 0.414. The van der Waals surface area contributed by atoms with Crippen molar-refractivity contribution in [1.82, 2.24) is 10.8 Å². The van der Waals surface area contributed by atoms with Crippen LogP contribution in [0, 0.1) is 5.89 Å². The molecule has 0 bridgehead atoms. The normalized spacial score (nSPS) is 71.9. The Morgan fingerprint density at radius 3 is 3.56 bits per heavy atom. The second kappa shape index (κ2) is 2.33. The molecule has 0 aromatic carbocycles. The minimum absolute atomic E-state index is 0.0517. The van der Waals surface area contributed by atoms with E-state index in [1.165, 1.54) is 5.73 Å². The van der Waals surface area contributed by atoms with Gasteiger partial charge in [-0.25, -0.2) is 5.42 Å². The van der Waals surface area contributed by atoms with Crippen LogP contribution in [0.1, 0.15) is 12.4 Å². The predicted molar refractivity (Wildman–Crippen MR) is 33.3 cm³/mol. The molecule has 1 heterocycles. The van der Waals surface area contributed by atoms with Gasteiger partial charge in [0, 0.05) is 10.6 Å². The van der Waals surface area contributed by atoms with Crippen molar-refractivity contribution in [1.29, 1.82) is 0 Å². The number of hydrogen-bond donors (Lipinski definition) is 3. The number of hydrazine groups is 1. The number of rotatable bonds is 1. The SMILES string of the molecule is [2H]NC(=O)C1([2H])N([2H])N([2H])C([2H])([2H])C1([2H])C. The lowest BCUT2D eigenvalue weighted by molar-refractivity contribution is -0.120. The van der Waals surface area contributed by atoms with Gasteiger partial charge in [0.15, 0.2) is 1.41 Å². The van der Waals surface area contributed by atoms with Gasteiger partial charge in [0.25, 0.3) is 0 Å². The van der Waals surface area contributed by atoms with E-state index < -0.39 is 24.3 Å². The molecular weight excluding hydrogens is 118 g/mol. The first-order valence-electron chi connectivity index (χ1n) is 5.75. The fourth-order valence-electron chi connectivity index (χ4n) is 0.494. The number of nitrogens with one attached hydrogen (secondary N) is 2. The predicted octanol–water partition coefficient (Wildman–Crippen LogP) is -1.42. The van der Waals surface area contributed by atoms with Crippen molar-refractivity contribution in [2.24, 2.45) is 11.6 Å². The summed E-state index contributed by atoms with van der Waals surface area (Å²) < 4.78 is 51.5. The van der Waals surface area contributed by atoms with E-state index in [2.05, 4.69) is 0 Å². The molecule has 0 saturated carbocycles. The molecule has 1 aliphatic heterocycles. The molecule has 0 spiro atoms. The summed E-state index contributed by atoms with van der Waals surface area (Å²) in [6.45, 7) is -1.76. The van der Waals surface area contributed by atoms with E-state index in [-0.39, 0.29) is 10.8 Å². The highest BCUT2D eigenvalue weighted by Gasteiger charge is 2.26. The first-order valence-corrected chi connectivity index (χ1v) is 2.35. The molecule has 4 nitrogen and oxygen atoms in total. The van der Waals surface area contributed by atoms with Gasteiger partial charge in [-0.15, -0.1) is 0 Å². The zero-order valence-corrected chi connectivity index (χ0v) is 4.80. The van der Waals surface area contributed by atoms with Crippen LogP contribution in [-0.2, 0) is 4.79 Å². The van der Waals surface area contributed by atoms with Gasteiger partial charge in [-0.1, -0.05) is 6.92 Å². The Hall–Kier alpha value is -0.610. The van der Waals surface area contributed by atoms with E-state index in [1.807, 2.05) is 0 Å². The molecule has 4 heteroatoms. The minimum Gasteiger partial charge on any atom is -0.368 e. The number of carbonyl (C=O) groups is 1. The van der Waals surface area contributed by atoms with Gasteiger partial charge < -0.3 is 5.73 Å². The Bertz CT molecular complexity index is 323. The van der Waals surface area contributed by atoms with Crippen molar-refractivity contribution >= 4 is 5.91 Å². The summed E-state index contributed by atoms with van der Waals surface area (Å²) in [6, 6.07) is -2.69. The topological polar surface area (TPSA) is 67.2 Å². The van der Waals surface area contributed by atoms with Gasteiger partial charge in [0.05, 0.1) is 1.37 Å². The maximum atomic E-state index is 11.4. The summed E-state index contributed by atoms with van der Waals surface area (Å²) in [4.78, 5) is 11.4. The molecule has 52 valence electrons. The molecule has 9 heavy (non-hydrogen) atoms. The highest BCUT2D eigenvalue weighted by molar-refractivity contribution is 5.80. The summed E-state index contributed by atoms with van der Waals surface area (Å²) in [7, 11) is 0. The number of primary amides is 1. The second-order valence-electron chi connectivity index (χ2n) is 1.61. The van der Waals surface area contributed by atoms with Gasteiger partial charge in [-0.05, 0) is 5.89 Å². The lowest BCUT2D eigenvalue weighted by Crippen LogP contribution is -2.42. The first-order chi connectivity index (χ1) is 7.05. The van der Waals surface area contributed by atoms with E-state index in [0.717, 1.165) is 6.92 Å². The summed E-state index contributed by atoms with van der Waals surface area (Å²) >= 11 is 0. The Labute approximate surface area is 63.8 Å². The van der Waals surface area contributed by atoms with Crippen LogP contribution in [0.3, 0.4) is 0 Å². The highest BCUT2D eigenvalue weighted by atomic mass is 16.1. The number of hydrogen-bond acceptors (Lipinski definition) is 3. The molecule has 2 unspecified atom stereocenters. The minimum atomic E-state index is -2.69. The maximum Gasteiger partial charge on any atom is 0.236 e. The van der Waals surface area contributed by atoms with E-state index in [9.17, 15) is 4.79 Å². The number of amides is 1. The Kier molecular flexibility index (Phi) is 0.500. The number of nitrogens with two attached hydrogens (primary N) is 1. The molecule has 0 aromatic heterocycles. The molecule has 1 fully saturated rings. The fourth-order valence-corrected chi connectivity index (χ4v) is 0.494. The van der Waals surface area contributed by atoms with Crippen LogP contribution in [-0.4, -0.2) is 18.4 Å². The van der Waals surface area contributed by atoms with Crippen LogP contribution >= 0.6 is 0 Å². The lowest BCUT2D eigenvalue weighted by atomic mass is 10.1. The molecule has 0 radical (unpaired) electrons. The summed E-state index contributed by atoms with van der Waals surface area (Å²) in [5.41, 5.74) is 1.25. The van der Waals surface area contributed by atoms with Crippen molar-refractivity contribution in [3.63, 3.8) is 0 Å². The fraction of sp³-hybridized carbons (Fsp3) is 0.800. The van der Waals surface area contributed by atoms with Crippen molar-refractivity contribution in [2.45, 2.75) is 12.9 Å². The van der Waals surface area contributed by atoms with Crippen LogP contribution in [0.2, 0.25) is 4.24 Å². The van der Waals surface area contributed by atoms with Crippen molar-refractivity contribution in [3.05, 3.63) is 0 Å². The zero-order valence-electron chi connectivity index (χ0n) is 11.8. The molecule has 1 saturated heterocycles. The smallest absolute Gasteiger partial charge is 0.236 e. The van der Waals surface area contributed by atoms with Crippen molar-refractivity contribution in [2.75, 3.05) is 6.50 Å². The molecular formula is C5H11N3O. The van der Waals surface area contributed by atoms with Gasteiger partial charge in [-0.3, -0.25) is 10.2 Å². The van der Waals surface area contributed by atoms with E-state index in [1.54, 1.807) is 0 Å². The van der Waals surface area contributed by atoms with Gasteiger partial charge >= 0.3 is 0 Å². The summed E-state index contributed by atoms with van der Waals surface area (Å²) in [5, 5.41) is 0. The maximum absolute atomic E-state index is 11.4. The second-order valence-corrected chi connectivity index (χ2v) is 1.61. The average Bonchev–Trinajstić information content (AvgIpc) is 2.30. The van der Waals surface area contributed by atoms with Gasteiger partial charge in [0.2, 0.25) is 5.91 Å². The Balaban J connectivity index is 3.36. The van der Waals surface area contributed by atoms with Crippen LogP contribution in [0.15, 0.2) is 0 Å². The van der Waals surface area contributed by atoms with Crippen LogP contribution in [0.4, 0.5) is 0 Å². The van der Waals surface area contributed by atoms with Crippen molar-refractivity contribution in [3.8, 4) is 0 Å². The van der Waals surface area contributed by atoms with Crippen LogP contribution in [0.25, 0.3) is 0 Å². The third kappa shape index (κ3) is 1.20. The van der Waals surface area contributed by atoms with Gasteiger partial charge in [0.1, 0.15) is 8.84 Å². The third-order valence-corrected chi connectivity index (χ3v) is 0.938.